The molecule has 2 nitrogen and oxygen atoms in total. The van der Waals surface area contributed by atoms with Crippen LogP contribution in [-0.2, 0) is 6.54 Å². The lowest BCUT2D eigenvalue weighted by molar-refractivity contribution is 1.07. The number of hydrogen-bond acceptors (Lipinski definition) is 2. The molecule has 0 amide bonds. The Morgan fingerprint density at radius 3 is 2.92 bits per heavy atom. The lowest BCUT2D eigenvalue weighted by atomic mass is 10.1. The zero-order valence-electron chi connectivity index (χ0n) is 7.00. The fraction of sp³-hybridized carbons (Fsp3) is 0.100. The SMILES string of the molecule is NCc1ccc2c(Br)ccnc2c1. The van der Waals surface area contributed by atoms with Crippen molar-refractivity contribution in [2.45, 2.75) is 6.54 Å². The first-order valence-electron chi connectivity index (χ1n) is 4.04. The van der Waals surface area contributed by atoms with Gasteiger partial charge in [0.05, 0.1) is 5.52 Å². The van der Waals surface area contributed by atoms with Crippen LogP contribution in [0.25, 0.3) is 10.9 Å². The molecule has 0 aliphatic carbocycles. The van der Waals surface area contributed by atoms with E-state index in [1.165, 1.54) is 0 Å². The molecule has 0 saturated carbocycles. The first kappa shape index (κ1) is 8.66. The third kappa shape index (κ3) is 1.57. The number of rotatable bonds is 1. The normalized spacial score (nSPS) is 10.6. The summed E-state index contributed by atoms with van der Waals surface area (Å²) in [6, 6.07) is 8.01. The molecule has 0 fully saturated rings. The Labute approximate surface area is 84.9 Å². The monoisotopic (exact) mass is 236 g/mol. The molecule has 0 bridgehead atoms. The van der Waals surface area contributed by atoms with Crippen molar-refractivity contribution in [2.75, 3.05) is 0 Å². The van der Waals surface area contributed by atoms with Crippen molar-refractivity contribution < 1.29 is 0 Å². The third-order valence-electron chi connectivity index (χ3n) is 1.99. The highest BCUT2D eigenvalue weighted by Crippen LogP contribution is 2.22. The summed E-state index contributed by atoms with van der Waals surface area (Å²) in [5.74, 6) is 0. The second kappa shape index (κ2) is 3.44. The van der Waals surface area contributed by atoms with Gasteiger partial charge < -0.3 is 5.73 Å². The Hall–Kier alpha value is -0.930. The number of aromatic nitrogens is 1. The van der Waals surface area contributed by atoms with Gasteiger partial charge >= 0.3 is 0 Å². The van der Waals surface area contributed by atoms with E-state index in [1.54, 1.807) is 6.20 Å². The standard InChI is InChI=1S/C10H9BrN2/c11-9-3-4-13-10-5-7(6-12)1-2-8(9)10/h1-5H,6,12H2. The van der Waals surface area contributed by atoms with Gasteiger partial charge in [-0.3, -0.25) is 4.98 Å². The molecule has 0 radical (unpaired) electrons. The van der Waals surface area contributed by atoms with E-state index in [4.69, 9.17) is 5.73 Å². The van der Waals surface area contributed by atoms with Gasteiger partial charge in [0, 0.05) is 22.6 Å². The minimum Gasteiger partial charge on any atom is -0.326 e. The molecule has 0 atom stereocenters. The molecule has 2 aromatic rings. The number of hydrogen-bond donors (Lipinski definition) is 1. The Balaban J connectivity index is 2.72. The van der Waals surface area contributed by atoms with Crippen LogP contribution >= 0.6 is 15.9 Å². The van der Waals surface area contributed by atoms with Crippen LogP contribution in [-0.4, -0.2) is 4.98 Å². The Morgan fingerprint density at radius 2 is 2.15 bits per heavy atom. The van der Waals surface area contributed by atoms with Crippen LogP contribution in [0.2, 0.25) is 0 Å². The van der Waals surface area contributed by atoms with Crippen molar-refractivity contribution >= 4 is 26.8 Å². The molecule has 0 saturated heterocycles. The van der Waals surface area contributed by atoms with Gasteiger partial charge in [0.15, 0.2) is 0 Å². The average Bonchev–Trinajstić information content (AvgIpc) is 2.18. The van der Waals surface area contributed by atoms with E-state index in [9.17, 15) is 0 Å². The first-order chi connectivity index (χ1) is 6.31. The molecule has 0 aliphatic heterocycles. The van der Waals surface area contributed by atoms with Gasteiger partial charge in [0.1, 0.15) is 0 Å². The van der Waals surface area contributed by atoms with Crippen molar-refractivity contribution in [1.29, 1.82) is 0 Å². The smallest absolute Gasteiger partial charge is 0.0716 e. The molecular formula is C10H9BrN2. The van der Waals surface area contributed by atoms with Crippen LogP contribution in [0, 0.1) is 0 Å². The zero-order chi connectivity index (χ0) is 9.26. The summed E-state index contributed by atoms with van der Waals surface area (Å²) in [5.41, 5.74) is 7.63. The van der Waals surface area contributed by atoms with Gasteiger partial charge in [0.2, 0.25) is 0 Å². The van der Waals surface area contributed by atoms with Crippen molar-refractivity contribution in [3.8, 4) is 0 Å². The number of halogens is 1. The van der Waals surface area contributed by atoms with Crippen LogP contribution in [0.4, 0.5) is 0 Å². The maximum absolute atomic E-state index is 5.54. The summed E-state index contributed by atoms with van der Waals surface area (Å²) < 4.78 is 1.07. The van der Waals surface area contributed by atoms with Crippen LogP contribution in [0.1, 0.15) is 5.56 Å². The third-order valence-corrected chi connectivity index (χ3v) is 2.68. The summed E-state index contributed by atoms with van der Waals surface area (Å²) >= 11 is 3.47. The Kier molecular flexibility index (Phi) is 2.29. The summed E-state index contributed by atoms with van der Waals surface area (Å²) in [5, 5.41) is 1.12. The topological polar surface area (TPSA) is 38.9 Å². The van der Waals surface area contributed by atoms with Crippen LogP contribution in [0.5, 0.6) is 0 Å². The molecule has 1 heterocycles. The summed E-state index contributed by atoms with van der Waals surface area (Å²) in [6.45, 7) is 0.560. The highest BCUT2D eigenvalue weighted by atomic mass is 79.9. The molecule has 0 unspecified atom stereocenters. The number of pyridine rings is 1. The van der Waals surface area contributed by atoms with Crippen molar-refractivity contribution in [3.05, 3.63) is 40.5 Å². The summed E-state index contributed by atoms with van der Waals surface area (Å²) in [7, 11) is 0. The lowest BCUT2D eigenvalue weighted by Crippen LogP contribution is -1.95. The van der Waals surface area contributed by atoms with E-state index >= 15 is 0 Å². The van der Waals surface area contributed by atoms with Gasteiger partial charge in [0.25, 0.3) is 0 Å². The van der Waals surface area contributed by atoms with Gasteiger partial charge in [-0.1, -0.05) is 28.1 Å². The average molecular weight is 237 g/mol. The summed E-state index contributed by atoms with van der Waals surface area (Å²) in [4.78, 5) is 4.27. The molecule has 13 heavy (non-hydrogen) atoms. The maximum Gasteiger partial charge on any atom is 0.0716 e. The number of nitrogens with two attached hydrogens (primary N) is 1. The second-order valence-electron chi connectivity index (χ2n) is 2.85. The molecule has 66 valence electrons. The Bertz CT molecular complexity index is 440. The van der Waals surface area contributed by atoms with E-state index < -0.39 is 0 Å². The highest BCUT2D eigenvalue weighted by molar-refractivity contribution is 9.10. The van der Waals surface area contributed by atoms with E-state index in [0.29, 0.717) is 6.54 Å². The molecular weight excluding hydrogens is 228 g/mol. The van der Waals surface area contributed by atoms with Crippen LogP contribution in [0.15, 0.2) is 34.9 Å². The molecule has 2 rings (SSSR count). The van der Waals surface area contributed by atoms with E-state index in [0.717, 1.165) is 20.9 Å². The second-order valence-corrected chi connectivity index (χ2v) is 3.70. The van der Waals surface area contributed by atoms with E-state index in [-0.39, 0.29) is 0 Å². The Morgan fingerprint density at radius 1 is 1.31 bits per heavy atom. The molecule has 1 aromatic carbocycles. The lowest BCUT2D eigenvalue weighted by Gasteiger charge is -2.01. The van der Waals surface area contributed by atoms with E-state index in [2.05, 4.69) is 20.9 Å². The number of benzene rings is 1. The number of fused-ring (bicyclic) bond motifs is 1. The molecule has 0 spiro atoms. The van der Waals surface area contributed by atoms with Crippen molar-refractivity contribution in [2.24, 2.45) is 5.73 Å². The number of nitrogens with zero attached hydrogens (tertiary/aromatic N) is 1. The van der Waals surface area contributed by atoms with Gasteiger partial charge in [-0.25, -0.2) is 0 Å². The minimum atomic E-state index is 0.560. The predicted molar refractivity (Wildman–Crippen MR) is 57.3 cm³/mol. The van der Waals surface area contributed by atoms with E-state index in [1.807, 2.05) is 24.3 Å². The van der Waals surface area contributed by atoms with Crippen molar-refractivity contribution in [3.63, 3.8) is 0 Å². The van der Waals surface area contributed by atoms with Crippen molar-refractivity contribution in [1.82, 2.24) is 4.98 Å². The fourth-order valence-electron chi connectivity index (χ4n) is 1.29. The first-order valence-corrected chi connectivity index (χ1v) is 4.84. The molecule has 0 aliphatic rings. The maximum atomic E-state index is 5.54. The van der Waals surface area contributed by atoms with Gasteiger partial charge in [-0.2, -0.15) is 0 Å². The zero-order valence-corrected chi connectivity index (χ0v) is 8.58. The molecule has 2 N–H and O–H groups in total. The largest absolute Gasteiger partial charge is 0.326 e. The highest BCUT2D eigenvalue weighted by Gasteiger charge is 1.99. The van der Waals surface area contributed by atoms with Gasteiger partial charge in [-0.15, -0.1) is 0 Å². The molecule has 1 aromatic heterocycles. The fourth-order valence-corrected chi connectivity index (χ4v) is 1.74. The van der Waals surface area contributed by atoms with Crippen LogP contribution < -0.4 is 5.73 Å². The van der Waals surface area contributed by atoms with Gasteiger partial charge in [-0.05, 0) is 17.7 Å². The summed E-state index contributed by atoms with van der Waals surface area (Å²) in [6.07, 6.45) is 1.78. The minimum absolute atomic E-state index is 0.560. The quantitative estimate of drug-likeness (QED) is 0.827. The predicted octanol–water partition coefficient (Wildman–Crippen LogP) is 2.46. The molecule has 3 heteroatoms. The van der Waals surface area contributed by atoms with Crippen LogP contribution in [0.3, 0.4) is 0 Å².